The molecule has 0 aromatic carbocycles. The minimum absolute atomic E-state index is 0.447. The van der Waals surface area contributed by atoms with Crippen LogP contribution in [0.1, 0.15) is 20.8 Å². The van der Waals surface area contributed by atoms with Crippen molar-refractivity contribution in [2.75, 3.05) is 0 Å². The highest BCUT2D eigenvalue weighted by Gasteiger charge is 2.44. The van der Waals surface area contributed by atoms with E-state index in [2.05, 4.69) is 0 Å². The molecule has 0 bridgehead atoms. The molecule has 0 aromatic rings. The molecule has 0 saturated carbocycles. The van der Waals surface area contributed by atoms with Crippen LogP contribution in [-0.4, -0.2) is 12.4 Å². The molecule has 0 unspecified atom stereocenters. The van der Waals surface area contributed by atoms with Crippen molar-refractivity contribution in [2.24, 2.45) is 5.92 Å². The molecule has 0 spiro atoms. The van der Waals surface area contributed by atoms with Gasteiger partial charge in [-0.25, -0.2) is 0 Å². The quantitative estimate of drug-likeness (QED) is 0.461. The summed E-state index contributed by atoms with van der Waals surface area (Å²) in [6.07, 6.45) is -9.84. The molecule has 0 atom stereocenters. The Hall–Kier alpha value is -0.680. The number of alkyl halides is 6. The smallest absolute Gasteiger partial charge is 0.166 e. The molecule has 14 heavy (non-hydrogen) atoms. The van der Waals surface area contributed by atoms with Crippen LogP contribution in [0.2, 0.25) is 0 Å². The maximum absolute atomic E-state index is 12.2. The molecule has 0 radical (unpaired) electrons. The molecule has 0 rings (SSSR count). The maximum Gasteiger partial charge on any atom is 0.413 e. The van der Waals surface area contributed by atoms with Gasteiger partial charge in [0.15, 0.2) is 0 Å². The van der Waals surface area contributed by atoms with Crippen molar-refractivity contribution in [3.8, 4) is 0 Å². The summed E-state index contributed by atoms with van der Waals surface area (Å²) in [6.45, 7) is 2.61. The average molecular weight is 220 g/mol. The Bertz CT molecular complexity index is 229. The Labute approximate surface area is 77.6 Å². The largest absolute Gasteiger partial charge is 0.413 e. The van der Waals surface area contributed by atoms with Gasteiger partial charge in [-0.3, -0.25) is 0 Å². The van der Waals surface area contributed by atoms with E-state index < -0.39 is 29.4 Å². The Morgan fingerprint density at radius 2 is 1.21 bits per heavy atom. The second-order valence-corrected chi connectivity index (χ2v) is 3.19. The van der Waals surface area contributed by atoms with E-state index in [1.54, 1.807) is 0 Å². The highest BCUT2D eigenvalue weighted by molar-refractivity contribution is 5.22. The van der Waals surface area contributed by atoms with Crippen molar-refractivity contribution in [2.45, 2.75) is 33.1 Å². The molecule has 0 aromatic heterocycles. The monoisotopic (exact) mass is 220 g/mol. The Kier molecular flexibility index (Phi) is 3.64. The number of hydrogen-bond acceptors (Lipinski definition) is 0. The van der Waals surface area contributed by atoms with Crippen LogP contribution in [0.25, 0.3) is 0 Å². The number of halogens is 6. The third-order valence-corrected chi connectivity index (χ3v) is 1.71. The van der Waals surface area contributed by atoms with E-state index in [1.807, 2.05) is 0 Å². The van der Waals surface area contributed by atoms with Crippen LogP contribution in [0.3, 0.4) is 0 Å². The molecule has 84 valence electrons. The first-order valence-electron chi connectivity index (χ1n) is 3.83. The van der Waals surface area contributed by atoms with Gasteiger partial charge in [-0.15, -0.1) is 0 Å². The summed E-state index contributed by atoms with van der Waals surface area (Å²) < 4.78 is 72.7. The Morgan fingerprint density at radius 1 is 0.857 bits per heavy atom. The summed E-state index contributed by atoms with van der Waals surface area (Å²) in [7, 11) is 0. The first-order chi connectivity index (χ1) is 5.98. The van der Waals surface area contributed by atoms with Crippen LogP contribution in [0.5, 0.6) is 0 Å². The standard InChI is InChI=1S/C8H10F6/c1-4(2)6(8(12,13)14)5(3)7(9,10)11/h4H,1-3H3/b6-5-. The van der Waals surface area contributed by atoms with Gasteiger partial charge in [0.2, 0.25) is 0 Å². The average Bonchev–Trinajstić information content (AvgIpc) is 1.79. The SMILES string of the molecule is C/C(=C(\C(C)C)C(F)(F)F)C(F)(F)F. The fraction of sp³-hybridized carbons (Fsp3) is 0.750. The van der Waals surface area contributed by atoms with E-state index in [0.29, 0.717) is 6.92 Å². The van der Waals surface area contributed by atoms with E-state index in [4.69, 9.17) is 0 Å². The molecule has 0 N–H and O–H groups in total. The lowest BCUT2D eigenvalue weighted by atomic mass is 9.97. The summed E-state index contributed by atoms with van der Waals surface area (Å²) in [5, 5.41) is 0. The number of hydrogen-bond donors (Lipinski definition) is 0. The van der Waals surface area contributed by atoms with Gasteiger partial charge in [0.25, 0.3) is 0 Å². The van der Waals surface area contributed by atoms with E-state index in [9.17, 15) is 26.3 Å². The fourth-order valence-electron chi connectivity index (χ4n) is 1.13. The van der Waals surface area contributed by atoms with Crippen LogP contribution in [-0.2, 0) is 0 Å². The van der Waals surface area contributed by atoms with Crippen molar-refractivity contribution in [1.82, 2.24) is 0 Å². The summed E-state index contributed by atoms with van der Waals surface area (Å²) in [6, 6.07) is 0. The summed E-state index contributed by atoms with van der Waals surface area (Å²) in [5.74, 6) is -1.20. The van der Waals surface area contributed by atoms with E-state index in [0.717, 1.165) is 13.8 Å². The van der Waals surface area contributed by atoms with Crippen molar-refractivity contribution >= 4 is 0 Å². The third-order valence-electron chi connectivity index (χ3n) is 1.71. The topological polar surface area (TPSA) is 0 Å². The van der Waals surface area contributed by atoms with Gasteiger partial charge in [0.1, 0.15) is 0 Å². The maximum atomic E-state index is 12.2. The van der Waals surface area contributed by atoms with Crippen molar-refractivity contribution in [3.05, 3.63) is 11.1 Å². The normalized spacial score (nSPS) is 15.9. The first kappa shape index (κ1) is 13.3. The molecular formula is C8H10F6. The van der Waals surface area contributed by atoms with Gasteiger partial charge in [-0.1, -0.05) is 13.8 Å². The predicted molar refractivity (Wildman–Crippen MR) is 39.6 cm³/mol. The highest BCUT2D eigenvalue weighted by atomic mass is 19.4. The fourth-order valence-corrected chi connectivity index (χ4v) is 1.13. The molecular weight excluding hydrogens is 210 g/mol. The lowest BCUT2D eigenvalue weighted by Crippen LogP contribution is -2.24. The Balaban J connectivity index is 5.41. The number of allylic oxidation sites excluding steroid dienone is 2. The molecule has 0 fully saturated rings. The molecule has 0 aliphatic heterocycles. The molecule has 0 saturated heterocycles. The Morgan fingerprint density at radius 3 is 1.29 bits per heavy atom. The van der Waals surface area contributed by atoms with Crippen molar-refractivity contribution in [1.29, 1.82) is 0 Å². The van der Waals surface area contributed by atoms with Crippen LogP contribution in [0, 0.1) is 5.92 Å². The van der Waals surface area contributed by atoms with Crippen molar-refractivity contribution in [3.63, 3.8) is 0 Å². The van der Waals surface area contributed by atoms with Gasteiger partial charge in [-0.2, -0.15) is 26.3 Å². The number of rotatable bonds is 1. The zero-order valence-corrected chi connectivity index (χ0v) is 7.85. The van der Waals surface area contributed by atoms with E-state index in [1.165, 1.54) is 0 Å². The van der Waals surface area contributed by atoms with Crippen molar-refractivity contribution < 1.29 is 26.3 Å². The second-order valence-electron chi connectivity index (χ2n) is 3.19. The molecule has 0 heterocycles. The van der Waals surface area contributed by atoms with E-state index in [-0.39, 0.29) is 0 Å². The third kappa shape index (κ3) is 3.23. The minimum Gasteiger partial charge on any atom is -0.166 e. The second kappa shape index (κ2) is 3.82. The zero-order chi connectivity index (χ0) is 11.7. The molecule has 0 nitrogen and oxygen atoms in total. The summed E-state index contributed by atoms with van der Waals surface area (Å²) >= 11 is 0. The lowest BCUT2D eigenvalue weighted by Gasteiger charge is -2.20. The molecule has 0 amide bonds. The zero-order valence-electron chi connectivity index (χ0n) is 7.85. The molecule has 6 heteroatoms. The molecule has 0 aliphatic carbocycles. The van der Waals surface area contributed by atoms with Crippen LogP contribution < -0.4 is 0 Å². The van der Waals surface area contributed by atoms with E-state index >= 15 is 0 Å². The van der Waals surface area contributed by atoms with Gasteiger partial charge in [-0.05, 0) is 12.8 Å². The predicted octanol–water partition coefficient (Wildman–Crippen LogP) is 4.08. The molecule has 0 aliphatic rings. The minimum atomic E-state index is -4.92. The first-order valence-corrected chi connectivity index (χ1v) is 3.83. The lowest BCUT2D eigenvalue weighted by molar-refractivity contribution is -0.119. The van der Waals surface area contributed by atoms with Gasteiger partial charge >= 0.3 is 12.4 Å². The van der Waals surface area contributed by atoms with Gasteiger partial charge in [0, 0.05) is 11.1 Å². The van der Waals surface area contributed by atoms with Gasteiger partial charge in [0.05, 0.1) is 0 Å². The highest BCUT2D eigenvalue weighted by Crippen LogP contribution is 2.39. The van der Waals surface area contributed by atoms with Crippen LogP contribution >= 0.6 is 0 Å². The van der Waals surface area contributed by atoms with Crippen LogP contribution in [0.4, 0.5) is 26.3 Å². The summed E-state index contributed by atoms with van der Waals surface area (Å²) in [4.78, 5) is 0. The summed E-state index contributed by atoms with van der Waals surface area (Å²) in [5.41, 5.74) is -3.08. The van der Waals surface area contributed by atoms with Gasteiger partial charge < -0.3 is 0 Å². The van der Waals surface area contributed by atoms with Crippen LogP contribution in [0.15, 0.2) is 11.1 Å².